The number of fused-ring (bicyclic) bond motifs is 1. The fourth-order valence-electron chi connectivity index (χ4n) is 4.91. The largest absolute Gasteiger partial charge is 0.460 e. The SMILES string of the molecule is Cc1cccc2c(/C=C3/C(=O)N(c4ccccc4)N=C3C(F)(F)C(F)(F)C(F)(F)F)c(C)n(Cc3ccccc3Cl)c12. The smallest absolute Gasteiger partial charge is 0.340 e. The molecule has 0 spiro atoms. The molecule has 0 radical (unpaired) electrons. The molecule has 0 atom stereocenters. The Hall–Kier alpha value is -4.12. The van der Waals surface area contributed by atoms with E-state index >= 15 is 8.78 Å². The number of nitrogens with zero attached hydrogens (tertiary/aromatic N) is 3. The maximum Gasteiger partial charge on any atom is 0.460 e. The molecule has 2 heterocycles. The number of hydrogen-bond donors (Lipinski definition) is 0. The first kappa shape index (κ1) is 29.4. The number of alkyl halides is 7. The van der Waals surface area contributed by atoms with Crippen LogP contribution in [0.1, 0.15) is 22.4 Å². The van der Waals surface area contributed by atoms with Gasteiger partial charge in [0.05, 0.1) is 16.8 Å². The highest BCUT2D eigenvalue weighted by atomic mass is 35.5. The summed E-state index contributed by atoms with van der Waals surface area (Å²) in [5, 5.41) is 4.67. The molecule has 1 amide bonds. The maximum absolute atomic E-state index is 15.2. The predicted octanol–water partition coefficient (Wildman–Crippen LogP) is 8.58. The molecule has 4 nitrogen and oxygen atoms in total. The molecule has 1 aromatic heterocycles. The van der Waals surface area contributed by atoms with Crippen LogP contribution in [0.5, 0.6) is 0 Å². The molecular formula is C30H21ClF7N3O. The number of aromatic nitrogens is 1. The number of benzene rings is 3. The second kappa shape index (κ2) is 10.3. The molecule has 0 aliphatic carbocycles. The van der Waals surface area contributed by atoms with Crippen LogP contribution in [-0.4, -0.2) is 34.2 Å². The van der Waals surface area contributed by atoms with Crippen LogP contribution in [0, 0.1) is 13.8 Å². The molecule has 0 fully saturated rings. The van der Waals surface area contributed by atoms with Crippen molar-refractivity contribution in [1.29, 1.82) is 0 Å². The maximum atomic E-state index is 15.2. The molecule has 218 valence electrons. The molecule has 42 heavy (non-hydrogen) atoms. The summed E-state index contributed by atoms with van der Waals surface area (Å²) in [6.07, 6.45) is -5.71. The number of anilines is 1. The lowest BCUT2D eigenvalue weighted by atomic mass is 9.96. The van der Waals surface area contributed by atoms with Crippen molar-refractivity contribution < 1.29 is 35.5 Å². The van der Waals surface area contributed by atoms with Crippen molar-refractivity contribution in [3.05, 3.63) is 106 Å². The average molecular weight is 608 g/mol. The van der Waals surface area contributed by atoms with Gasteiger partial charge in [0.15, 0.2) is 5.71 Å². The molecule has 12 heteroatoms. The highest BCUT2D eigenvalue weighted by molar-refractivity contribution is 6.35. The van der Waals surface area contributed by atoms with E-state index in [1.807, 2.05) is 4.57 Å². The Morgan fingerprint density at radius 2 is 1.50 bits per heavy atom. The van der Waals surface area contributed by atoms with Crippen LogP contribution >= 0.6 is 11.6 Å². The lowest BCUT2D eigenvalue weighted by molar-refractivity contribution is -0.336. The van der Waals surface area contributed by atoms with Gasteiger partial charge in [0.25, 0.3) is 5.91 Å². The molecule has 1 aliphatic heterocycles. The van der Waals surface area contributed by atoms with E-state index in [1.54, 1.807) is 56.3 Å². The fraction of sp³-hybridized carbons (Fsp3) is 0.200. The molecule has 0 unspecified atom stereocenters. The first-order valence-electron chi connectivity index (χ1n) is 12.5. The zero-order valence-corrected chi connectivity index (χ0v) is 22.7. The van der Waals surface area contributed by atoms with E-state index in [0.717, 1.165) is 11.6 Å². The van der Waals surface area contributed by atoms with Crippen molar-refractivity contribution in [2.75, 3.05) is 5.01 Å². The predicted molar refractivity (Wildman–Crippen MR) is 147 cm³/mol. The monoisotopic (exact) mass is 607 g/mol. The Labute approximate surface area is 240 Å². The summed E-state index contributed by atoms with van der Waals surface area (Å²) in [6.45, 7) is 3.64. The molecule has 0 N–H and O–H groups in total. The van der Waals surface area contributed by atoms with Crippen molar-refractivity contribution in [2.24, 2.45) is 5.10 Å². The van der Waals surface area contributed by atoms with Gasteiger partial charge >= 0.3 is 18.0 Å². The van der Waals surface area contributed by atoms with Crippen LogP contribution in [-0.2, 0) is 11.3 Å². The van der Waals surface area contributed by atoms with Gasteiger partial charge in [-0.1, -0.05) is 66.2 Å². The van der Waals surface area contributed by atoms with Gasteiger partial charge in [-0.05, 0) is 49.2 Å². The van der Waals surface area contributed by atoms with Gasteiger partial charge < -0.3 is 4.57 Å². The van der Waals surface area contributed by atoms with E-state index in [2.05, 4.69) is 5.10 Å². The molecule has 0 bridgehead atoms. The van der Waals surface area contributed by atoms with Crippen LogP contribution in [0.2, 0.25) is 5.02 Å². The number of hydrazone groups is 1. The van der Waals surface area contributed by atoms with Gasteiger partial charge in [-0.3, -0.25) is 4.79 Å². The van der Waals surface area contributed by atoms with Gasteiger partial charge in [0.1, 0.15) is 0 Å². The number of para-hydroxylation sites is 2. The van der Waals surface area contributed by atoms with Gasteiger partial charge in [0, 0.05) is 28.2 Å². The third-order valence-electron chi connectivity index (χ3n) is 7.09. The Bertz CT molecular complexity index is 1760. The van der Waals surface area contributed by atoms with Crippen LogP contribution in [0.4, 0.5) is 36.4 Å². The summed E-state index contributed by atoms with van der Waals surface area (Å²) in [5.74, 6) is -13.7. The van der Waals surface area contributed by atoms with Crippen molar-refractivity contribution in [1.82, 2.24) is 4.57 Å². The van der Waals surface area contributed by atoms with Gasteiger partial charge in [-0.25, -0.2) is 0 Å². The Balaban J connectivity index is 1.75. The third kappa shape index (κ3) is 4.65. The van der Waals surface area contributed by atoms with E-state index < -0.39 is 35.2 Å². The number of rotatable bonds is 6. The summed E-state index contributed by atoms with van der Waals surface area (Å²) in [5.41, 5.74) is -0.444. The first-order valence-corrected chi connectivity index (χ1v) is 12.9. The minimum Gasteiger partial charge on any atom is -0.340 e. The van der Waals surface area contributed by atoms with Gasteiger partial charge in [-0.15, -0.1) is 0 Å². The molecule has 3 aromatic carbocycles. The number of amides is 1. The third-order valence-corrected chi connectivity index (χ3v) is 7.46. The van der Waals surface area contributed by atoms with E-state index in [-0.39, 0.29) is 17.8 Å². The van der Waals surface area contributed by atoms with Crippen molar-refractivity contribution >= 4 is 45.9 Å². The summed E-state index contributed by atoms with van der Waals surface area (Å²) in [6, 6.07) is 19.1. The Morgan fingerprint density at radius 1 is 0.857 bits per heavy atom. The molecule has 5 rings (SSSR count). The van der Waals surface area contributed by atoms with E-state index in [1.165, 1.54) is 30.3 Å². The molecule has 1 aliphatic rings. The molecule has 4 aromatic rings. The number of carbonyl (C=O) groups excluding carboxylic acids is 1. The van der Waals surface area contributed by atoms with Crippen LogP contribution in [0.3, 0.4) is 0 Å². The minimum absolute atomic E-state index is 0.0942. The summed E-state index contributed by atoms with van der Waals surface area (Å²) < 4.78 is 100. The summed E-state index contributed by atoms with van der Waals surface area (Å²) in [4.78, 5) is 13.5. The highest BCUT2D eigenvalue weighted by Gasteiger charge is 2.76. The quantitative estimate of drug-likeness (QED) is 0.160. The minimum atomic E-state index is -6.62. The van der Waals surface area contributed by atoms with E-state index in [4.69, 9.17) is 11.6 Å². The fourth-order valence-corrected chi connectivity index (χ4v) is 5.11. The number of carbonyl (C=O) groups is 1. The topological polar surface area (TPSA) is 37.6 Å². The average Bonchev–Trinajstić information content (AvgIpc) is 3.40. The van der Waals surface area contributed by atoms with Crippen molar-refractivity contribution in [3.8, 4) is 0 Å². The lowest BCUT2D eigenvalue weighted by Crippen LogP contribution is -2.56. The van der Waals surface area contributed by atoms with Crippen molar-refractivity contribution in [3.63, 3.8) is 0 Å². The zero-order valence-electron chi connectivity index (χ0n) is 22.0. The molecule has 0 saturated carbocycles. The molecule has 0 saturated heterocycles. The Kier molecular flexibility index (Phi) is 7.21. The van der Waals surface area contributed by atoms with Gasteiger partial charge in [0.2, 0.25) is 0 Å². The van der Waals surface area contributed by atoms with E-state index in [9.17, 15) is 26.7 Å². The standard InChI is InChI=1S/C30H21ClF7N3O/c1-17-9-8-13-21-22(18(2)40(25(17)21)16-19-10-6-7-14-24(19)31)15-23-26(28(32,33)29(34,35)30(36,37)38)39-41(27(23)42)20-11-4-3-5-12-20/h3-15H,16H2,1-2H3/b23-15+. The van der Waals surface area contributed by atoms with Crippen LogP contribution < -0.4 is 5.01 Å². The second-order valence-electron chi connectivity index (χ2n) is 9.75. The van der Waals surface area contributed by atoms with Gasteiger partial charge in [-0.2, -0.15) is 40.8 Å². The summed E-state index contributed by atoms with van der Waals surface area (Å²) in [7, 11) is 0. The Morgan fingerprint density at radius 3 is 2.14 bits per heavy atom. The number of halogens is 8. The summed E-state index contributed by atoms with van der Waals surface area (Å²) >= 11 is 6.37. The number of hydrogen-bond acceptors (Lipinski definition) is 2. The molecular weight excluding hydrogens is 587 g/mol. The van der Waals surface area contributed by atoms with E-state index in [0.29, 0.717) is 32.2 Å². The normalized spacial score (nSPS) is 15.7. The number of aryl methyl sites for hydroxylation is 1. The first-order chi connectivity index (χ1) is 19.7. The van der Waals surface area contributed by atoms with Crippen LogP contribution in [0.25, 0.3) is 17.0 Å². The second-order valence-corrected chi connectivity index (χ2v) is 10.2. The highest BCUT2D eigenvalue weighted by Crippen LogP contribution is 2.49. The zero-order chi connectivity index (χ0) is 30.6. The van der Waals surface area contributed by atoms with Crippen LogP contribution in [0.15, 0.2) is 83.5 Å². The lowest BCUT2D eigenvalue weighted by Gasteiger charge is -2.27. The van der Waals surface area contributed by atoms with Crippen molar-refractivity contribution in [2.45, 2.75) is 38.4 Å².